The number of nitrogens with two attached hydrogens (primary N) is 1. The summed E-state index contributed by atoms with van der Waals surface area (Å²) in [5.74, 6) is -0.268. The second-order valence-electron chi connectivity index (χ2n) is 5.95. The van der Waals surface area contributed by atoms with Gasteiger partial charge in [0.2, 0.25) is 5.91 Å². The van der Waals surface area contributed by atoms with E-state index in [2.05, 4.69) is 17.3 Å². The van der Waals surface area contributed by atoms with Crippen molar-refractivity contribution in [1.82, 2.24) is 10.2 Å². The number of carbonyl (C=O) groups excluding carboxylic acids is 1. The van der Waals surface area contributed by atoms with Crippen LogP contribution in [0.1, 0.15) is 47.0 Å². The first-order chi connectivity index (χ1) is 9.31. The van der Waals surface area contributed by atoms with Crippen LogP contribution in [0, 0.1) is 0 Å². The van der Waals surface area contributed by atoms with E-state index in [1.54, 1.807) is 0 Å². The summed E-state index contributed by atoms with van der Waals surface area (Å²) < 4.78 is 5.33. The lowest BCUT2D eigenvalue weighted by molar-refractivity contribution is -0.124. The van der Waals surface area contributed by atoms with Gasteiger partial charge in [-0.15, -0.1) is 0 Å². The van der Waals surface area contributed by atoms with Gasteiger partial charge in [0.15, 0.2) is 0 Å². The number of unbranched alkanes of at least 4 members (excludes halogenated alkanes) is 1. The van der Waals surface area contributed by atoms with Crippen LogP contribution in [0.4, 0.5) is 0 Å². The summed E-state index contributed by atoms with van der Waals surface area (Å²) in [7, 11) is 2.10. The zero-order chi connectivity index (χ0) is 15.6. The number of nitrogens with zero attached hydrogens (tertiary/aromatic N) is 1. The first kappa shape index (κ1) is 19.4. The smallest absolute Gasteiger partial charge is 0.237 e. The van der Waals surface area contributed by atoms with Gasteiger partial charge < -0.3 is 20.7 Å². The first-order valence-electron chi connectivity index (χ1n) is 7.65. The molecule has 0 fully saturated rings. The van der Waals surface area contributed by atoms with Crippen molar-refractivity contribution >= 4 is 5.91 Å². The molecule has 0 saturated heterocycles. The van der Waals surface area contributed by atoms with Crippen LogP contribution < -0.4 is 11.1 Å². The van der Waals surface area contributed by atoms with Crippen molar-refractivity contribution in [2.75, 3.05) is 33.4 Å². The molecule has 0 saturated carbocycles. The number of hydrogen-bond donors (Lipinski definition) is 2. The quantitative estimate of drug-likeness (QED) is 0.532. The number of carbonyl (C=O) groups is 1. The average Bonchev–Trinajstić information content (AvgIpc) is 2.34. The molecule has 0 rings (SSSR count). The summed E-state index contributed by atoms with van der Waals surface area (Å²) in [6.45, 7) is 11.5. The highest BCUT2D eigenvalue weighted by Gasteiger charge is 2.30. The van der Waals surface area contributed by atoms with Crippen LogP contribution in [0.5, 0.6) is 0 Å². The molecule has 0 aromatic rings. The van der Waals surface area contributed by atoms with E-state index in [-0.39, 0.29) is 11.9 Å². The van der Waals surface area contributed by atoms with Crippen molar-refractivity contribution in [3.8, 4) is 0 Å². The van der Waals surface area contributed by atoms with E-state index in [1.165, 1.54) is 0 Å². The summed E-state index contributed by atoms with van der Waals surface area (Å²) >= 11 is 0. The van der Waals surface area contributed by atoms with E-state index < -0.39 is 5.54 Å². The zero-order valence-electron chi connectivity index (χ0n) is 13.9. The molecule has 0 aromatic heterocycles. The Morgan fingerprint density at radius 1 is 1.35 bits per heavy atom. The van der Waals surface area contributed by atoms with Gasteiger partial charge in [0, 0.05) is 19.2 Å². The predicted octanol–water partition coefficient (Wildman–Crippen LogP) is 1.37. The number of likely N-dealkylation sites (N-methyl/N-ethyl adjacent to an activating group) is 1. The van der Waals surface area contributed by atoms with Crippen molar-refractivity contribution in [3.63, 3.8) is 0 Å². The van der Waals surface area contributed by atoms with E-state index in [9.17, 15) is 4.79 Å². The monoisotopic (exact) mass is 287 g/mol. The second-order valence-corrected chi connectivity index (χ2v) is 5.95. The van der Waals surface area contributed by atoms with Crippen LogP contribution in [0.2, 0.25) is 0 Å². The molecule has 5 heteroatoms. The minimum Gasteiger partial charge on any atom is -0.380 e. The largest absolute Gasteiger partial charge is 0.380 e. The Morgan fingerprint density at radius 3 is 2.50 bits per heavy atom. The van der Waals surface area contributed by atoms with Crippen LogP contribution in [-0.2, 0) is 9.53 Å². The Bertz CT molecular complexity index is 272. The number of ether oxygens (including phenoxy) is 1. The Morgan fingerprint density at radius 2 is 2.00 bits per heavy atom. The van der Waals surface area contributed by atoms with Gasteiger partial charge in [-0.1, -0.05) is 0 Å². The summed E-state index contributed by atoms with van der Waals surface area (Å²) in [5.41, 5.74) is 4.91. The van der Waals surface area contributed by atoms with E-state index >= 15 is 0 Å². The van der Waals surface area contributed by atoms with Crippen molar-refractivity contribution < 1.29 is 9.53 Å². The summed E-state index contributed by atoms with van der Waals surface area (Å²) in [4.78, 5) is 13.8. The third kappa shape index (κ3) is 8.51. The Labute approximate surface area is 124 Å². The molecule has 0 aliphatic carbocycles. The molecule has 0 heterocycles. The van der Waals surface area contributed by atoms with Crippen molar-refractivity contribution in [1.29, 1.82) is 0 Å². The number of nitrogens with one attached hydrogen (secondary N) is 1. The molecule has 20 heavy (non-hydrogen) atoms. The van der Waals surface area contributed by atoms with Crippen LogP contribution in [-0.4, -0.2) is 55.7 Å². The summed E-state index contributed by atoms with van der Waals surface area (Å²) in [5, 5.41) is 3.28. The van der Waals surface area contributed by atoms with Gasteiger partial charge in [-0.2, -0.15) is 0 Å². The third-order valence-corrected chi connectivity index (χ3v) is 3.44. The number of primary amides is 1. The molecule has 1 unspecified atom stereocenters. The standard InChI is InChI=1S/C15H33N3O2/c1-6-20-12-11-18(5)10-8-7-9-15(4,14(16)19)17-13(2)3/h13,17H,6-12H2,1-5H3,(H2,16,19). The lowest BCUT2D eigenvalue weighted by Gasteiger charge is -2.30. The van der Waals surface area contributed by atoms with E-state index in [4.69, 9.17) is 10.5 Å². The fourth-order valence-corrected chi connectivity index (χ4v) is 2.24. The molecular weight excluding hydrogens is 254 g/mol. The van der Waals surface area contributed by atoms with E-state index in [0.29, 0.717) is 0 Å². The van der Waals surface area contributed by atoms with Gasteiger partial charge >= 0.3 is 0 Å². The Balaban J connectivity index is 3.92. The van der Waals surface area contributed by atoms with E-state index in [0.717, 1.165) is 45.6 Å². The van der Waals surface area contributed by atoms with Crippen LogP contribution in [0.15, 0.2) is 0 Å². The highest BCUT2D eigenvalue weighted by molar-refractivity contribution is 5.84. The molecule has 0 aliphatic heterocycles. The van der Waals surface area contributed by atoms with Gasteiger partial charge in [0.1, 0.15) is 0 Å². The summed E-state index contributed by atoms with van der Waals surface area (Å²) in [6, 6.07) is 0.251. The van der Waals surface area contributed by atoms with Crippen molar-refractivity contribution in [2.24, 2.45) is 5.73 Å². The predicted molar refractivity (Wildman–Crippen MR) is 83.7 cm³/mol. The second kappa shape index (κ2) is 10.1. The molecule has 3 N–H and O–H groups in total. The van der Waals surface area contributed by atoms with E-state index in [1.807, 2.05) is 27.7 Å². The fraction of sp³-hybridized carbons (Fsp3) is 0.933. The van der Waals surface area contributed by atoms with Gasteiger partial charge in [0.25, 0.3) is 0 Å². The fourth-order valence-electron chi connectivity index (χ4n) is 2.24. The van der Waals surface area contributed by atoms with Crippen molar-refractivity contribution in [3.05, 3.63) is 0 Å². The average molecular weight is 287 g/mol. The van der Waals surface area contributed by atoms with Gasteiger partial charge in [0.05, 0.1) is 12.1 Å². The number of amides is 1. The molecule has 1 amide bonds. The topological polar surface area (TPSA) is 67.6 Å². The normalized spacial score (nSPS) is 14.8. The molecule has 5 nitrogen and oxygen atoms in total. The zero-order valence-corrected chi connectivity index (χ0v) is 13.9. The van der Waals surface area contributed by atoms with Crippen LogP contribution >= 0.6 is 0 Å². The Hall–Kier alpha value is -0.650. The summed E-state index contributed by atoms with van der Waals surface area (Å²) in [6.07, 6.45) is 2.82. The van der Waals surface area contributed by atoms with Gasteiger partial charge in [-0.05, 0) is 60.5 Å². The molecule has 120 valence electrons. The van der Waals surface area contributed by atoms with Crippen molar-refractivity contribution in [2.45, 2.75) is 58.5 Å². The third-order valence-electron chi connectivity index (χ3n) is 3.44. The maximum absolute atomic E-state index is 11.6. The Kier molecular flexibility index (Phi) is 9.80. The number of hydrogen-bond acceptors (Lipinski definition) is 4. The molecular formula is C15H33N3O2. The highest BCUT2D eigenvalue weighted by Crippen LogP contribution is 2.14. The molecule has 0 spiro atoms. The first-order valence-corrected chi connectivity index (χ1v) is 7.65. The molecule has 1 atom stereocenters. The molecule has 0 bridgehead atoms. The van der Waals surface area contributed by atoms with Crippen LogP contribution in [0.25, 0.3) is 0 Å². The lowest BCUT2D eigenvalue weighted by atomic mass is 9.93. The maximum Gasteiger partial charge on any atom is 0.237 e. The maximum atomic E-state index is 11.6. The lowest BCUT2D eigenvalue weighted by Crippen LogP contribution is -2.55. The van der Waals surface area contributed by atoms with Gasteiger partial charge in [-0.3, -0.25) is 4.79 Å². The number of rotatable bonds is 12. The molecule has 0 radical (unpaired) electrons. The van der Waals surface area contributed by atoms with Crippen LogP contribution in [0.3, 0.4) is 0 Å². The minimum absolute atomic E-state index is 0.251. The highest BCUT2D eigenvalue weighted by atomic mass is 16.5. The van der Waals surface area contributed by atoms with Gasteiger partial charge in [-0.25, -0.2) is 0 Å². The minimum atomic E-state index is -0.599. The SMILES string of the molecule is CCOCCN(C)CCCCC(C)(NC(C)C)C(N)=O. The molecule has 0 aliphatic rings. The molecule has 0 aromatic carbocycles.